The Hall–Kier alpha value is -1.88. The van der Waals surface area contributed by atoms with Crippen molar-refractivity contribution in [2.75, 3.05) is 0 Å². The molecule has 1 amide bonds. The highest BCUT2D eigenvalue weighted by atomic mass is 32.2. The number of halogens is 2. The van der Waals surface area contributed by atoms with Crippen molar-refractivity contribution >= 4 is 17.7 Å². The van der Waals surface area contributed by atoms with Crippen molar-refractivity contribution in [3.05, 3.63) is 65.2 Å². The third kappa shape index (κ3) is 4.56. The summed E-state index contributed by atoms with van der Waals surface area (Å²) in [6, 6.07) is 14.2. The third-order valence-electron chi connectivity index (χ3n) is 2.92. The van der Waals surface area contributed by atoms with Crippen LogP contribution in [0.1, 0.15) is 21.5 Å². The highest BCUT2D eigenvalue weighted by Gasteiger charge is 2.14. The summed E-state index contributed by atoms with van der Waals surface area (Å²) < 4.78 is 25.0. The number of alkyl halides is 2. The van der Waals surface area contributed by atoms with Gasteiger partial charge in [0, 0.05) is 11.4 Å². The number of thioether (sulfide) groups is 1. The first-order chi connectivity index (χ1) is 10.1. The van der Waals surface area contributed by atoms with E-state index < -0.39 is 5.76 Å². The van der Waals surface area contributed by atoms with Gasteiger partial charge in [-0.25, -0.2) is 0 Å². The molecule has 2 aromatic rings. The zero-order valence-corrected chi connectivity index (χ0v) is 12.3. The van der Waals surface area contributed by atoms with Crippen LogP contribution in [-0.2, 0) is 6.54 Å². The molecule has 2 nitrogen and oxygen atoms in total. The van der Waals surface area contributed by atoms with Crippen LogP contribution in [0.3, 0.4) is 0 Å². The van der Waals surface area contributed by atoms with Gasteiger partial charge in [0.1, 0.15) is 0 Å². The van der Waals surface area contributed by atoms with Crippen LogP contribution in [0.4, 0.5) is 8.78 Å². The third-order valence-corrected chi connectivity index (χ3v) is 3.71. The second-order valence-electron chi connectivity index (χ2n) is 4.54. The monoisotopic (exact) mass is 307 g/mol. The first-order valence-corrected chi connectivity index (χ1v) is 7.32. The van der Waals surface area contributed by atoms with Crippen molar-refractivity contribution in [2.24, 2.45) is 0 Å². The van der Waals surface area contributed by atoms with Gasteiger partial charge in [0.25, 0.3) is 11.7 Å². The quantitative estimate of drug-likeness (QED) is 0.837. The summed E-state index contributed by atoms with van der Waals surface area (Å²) in [6.45, 7) is 2.35. The van der Waals surface area contributed by atoms with Gasteiger partial charge in [0.15, 0.2) is 0 Å². The molecule has 5 heteroatoms. The minimum absolute atomic E-state index is 0.273. The number of benzene rings is 2. The van der Waals surface area contributed by atoms with E-state index in [9.17, 15) is 13.6 Å². The highest BCUT2D eigenvalue weighted by molar-refractivity contribution is 7.99. The maximum absolute atomic E-state index is 12.5. The lowest BCUT2D eigenvalue weighted by atomic mass is 10.1. The Kier molecular flexibility index (Phi) is 5.33. The number of carbonyl (C=O) groups is 1. The molecule has 0 heterocycles. The average molecular weight is 307 g/mol. The Morgan fingerprint density at radius 2 is 1.81 bits per heavy atom. The zero-order valence-electron chi connectivity index (χ0n) is 11.5. The minimum atomic E-state index is -2.55. The number of aryl methyl sites for hydroxylation is 1. The van der Waals surface area contributed by atoms with E-state index in [1.165, 1.54) is 6.07 Å². The maximum Gasteiger partial charge on any atom is 0.288 e. The Balaban J connectivity index is 2.05. The van der Waals surface area contributed by atoms with E-state index in [0.29, 0.717) is 18.3 Å². The molecular weight excluding hydrogens is 292 g/mol. The summed E-state index contributed by atoms with van der Waals surface area (Å²) in [6.07, 6.45) is 0. The SMILES string of the molecule is Cc1ccc(CNC(=O)c2ccccc2SC(F)F)cc1. The lowest BCUT2D eigenvalue weighted by Gasteiger charge is -2.09. The number of hydrogen-bond acceptors (Lipinski definition) is 2. The fourth-order valence-corrected chi connectivity index (χ4v) is 2.47. The molecular formula is C16H15F2NOS. The summed E-state index contributed by atoms with van der Waals surface area (Å²) in [5.74, 6) is -2.89. The van der Waals surface area contributed by atoms with Gasteiger partial charge in [-0.2, -0.15) is 8.78 Å². The van der Waals surface area contributed by atoms with Gasteiger partial charge in [-0.3, -0.25) is 4.79 Å². The molecule has 0 aliphatic carbocycles. The Labute approximate surface area is 126 Å². The van der Waals surface area contributed by atoms with E-state index in [1.807, 2.05) is 31.2 Å². The van der Waals surface area contributed by atoms with Crippen LogP contribution < -0.4 is 5.32 Å². The van der Waals surface area contributed by atoms with Crippen LogP contribution >= 0.6 is 11.8 Å². The largest absolute Gasteiger partial charge is 0.348 e. The van der Waals surface area contributed by atoms with Gasteiger partial charge in [-0.05, 0) is 24.6 Å². The summed E-state index contributed by atoms with van der Waals surface area (Å²) >= 11 is 0.383. The second-order valence-corrected chi connectivity index (χ2v) is 5.57. The first kappa shape index (κ1) is 15.5. The molecule has 0 aromatic heterocycles. The number of nitrogens with one attached hydrogen (secondary N) is 1. The van der Waals surface area contributed by atoms with E-state index in [0.717, 1.165) is 11.1 Å². The van der Waals surface area contributed by atoms with E-state index in [2.05, 4.69) is 5.32 Å². The topological polar surface area (TPSA) is 29.1 Å². The second kappa shape index (κ2) is 7.22. The number of amides is 1. The van der Waals surface area contributed by atoms with Crippen molar-refractivity contribution in [1.29, 1.82) is 0 Å². The average Bonchev–Trinajstić information content (AvgIpc) is 2.46. The minimum Gasteiger partial charge on any atom is -0.348 e. The number of hydrogen-bond donors (Lipinski definition) is 1. The molecule has 0 saturated heterocycles. The van der Waals surface area contributed by atoms with E-state index in [-0.39, 0.29) is 16.4 Å². The standard InChI is InChI=1S/C16H15F2NOS/c1-11-6-8-12(9-7-11)10-19-15(20)13-4-2-3-5-14(13)21-16(17)18/h2-9,16H,10H2,1H3,(H,19,20). The van der Waals surface area contributed by atoms with E-state index in [4.69, 9.17) is 0 Å². The molecule has 2 aromatic carbocycles. The van der Waals surface area contributed by atoms with Crippen molar-refractivity contribution in [1.82, 2.24) is 5.32 Å². The van der Waals surface area contributed by atoms with Crippen LogP contribution in [0.25, 0.3) is 0 Å². The summed E-state index contributed by atoms with van der Waals surface area (Å²) in [5.41, 5.74) is 2.38. The lowest BCUT2D eigenvalue weighted by Crippen LogP contribution is -2.23. The smallest absolute Gasteiger partial charge is 0.288 e. The van der Waals surface area contributed by atoms with Gasteiger partial charge >= 0.3 is 0 Å². The summed E-state index contributed by atoms with van der Waals surface area (Å²) in [5, 5.41) is 2.75. The number of rotatable bonds is 5. The van der Waals surface area contributed by atoms with Crippen LogP contribution in [0.2, 0.25) is 0 Å². The lowest BCUT2D eigenvalue weighted by molar-refractivity contribution is 0.0948. The maximum atomic E-state index is 12.5. The molecule has 0 spiro atoms. The molecule has 0 bridgehead atoms. The van der Waals surface area contributed by atoms with Gasteiger partial charge in [-0.15, -0.1) is 0 Å². The molecule has 0 atom stereocenters. The summed E-state index contributed by atoms with van der Waals surface area (Å²) in [7, 11) is 0. The van der Waals surface area contributed by atoms with Gasteiger partial charge in [0.05, 0.1) is 5.56 Å². The van der Waals surface area contributed by atoms with Gasteiger partial charge in [-0.1, -0.05) is 53.7 Å². The van der Waals surface area contributed by atoms with Gasteiger partial charge < -0.3 is 5.32 Å². The highest BCUT2D eigenvalue weighted by Crippen LogP contribution is 2.28. The van der Waals surface area contributed by atoms with Crippen LogP contribution in [0.15, 0.2) is 53.4 Å². The molecule has 0 unspecified atom stereocenters. The fraction of sp³-hybridized carbons (Fsp3) is 0.188. The molecule has 0 aliphatic heterocycles. The Morgan fingerprint density at radius 1 is 1.14 bits per heavy atom. The Bertz CT molecular complexity index is 614. The van der Waals surface area contributed by atoms with Crippen molar-refractivity contribution in [3.63, 3.8) is 0 Å². The summed E-state index contributed by atoms with van der Waals surface area (Å²) in [4.78, 5) is 12.4. The van der Waals surface area contributed by atoms with Crippen LogP contribution in [-0.4, -0.2) is 11.7 Å². The van der Waals surface area contributed by atoms with Crippen molar-refractivity contribution in [3.8, 4) is 0 Å². The predicted molar refractivity (Wildman–Crippen MR) is 80.7 cm³/mol. The molecule has 21 heavy (non-hydrogen) atoms. The van der Waals surface area contributed by atoms with E-state index in [1.54, 1.807) is 18.2 Å². The number of carbonyl (C=O) groups excluding carboxylic acids is 1. The van der Waals surface area contributed by atoms with Crippen molar-refractivity contribution < 1.29 is 13.6 Å². The van der Waals surface area contributed by atoms with E-state index >= 15 is 0 Å². The van der Waals surface area contributed by atoms with Gasteiger partial charge in [0.2, 0.25) is 0 Å². The molecule has 110 valence electrons. The first-order valence-electron chi connectivity index (χ1n) is 6.44. The normalized spacial score (nSPS) is 10.7. The zero-order chi connectivity index (χ0) is 15.2. The van der Waals surface area contributed by atoms with Crippen LogP contribution in [0.5, 0.6) is 0 Å². The predicted octanol–water partition coefficient (Wildman–Crippen LogP) is 4.24. The Morgan fingerprint density at radius 3 is 2.48 bits per heavy atom. The molecule has 0 radical (unpaired) electrons. The molecule has 2 rings (SSSR count). The molecule has 0 fully saturated rings. The molecule has 1 N–H and O–H groups in total. The van der Waals surface area contributed by atoms with Crippen molar-refractivity contribution in [2.45, 2.75) is 24.1 Å². The van der Waals surface area contributed by atoms with Crippen LogP contribution in [0, 0.1) is 6.92 Å². The fourth-order valence-electron chi connectivity index (χ4n) is 1.84. The molecule has 0 saturated carbocycles. The molecule has 0 aliphatic rings.